The second-order valence-electron chi connectivity index (χ2n) is 5.36. The number of hydrogen-bond donors (Lipinski definition) is 1. The Hall–Kier alpha value is -2.19. The first-order valence-electron chi connectivity index (χ1n) is 7.21. The zero-order valence-corrected chi connectivity index (χ0v) is 13.7. The first kappa shape index (κ1) is 15.7. The Kier molecular flexibility index (Phi) is 4.18. The lowest BCUT2D eigenvalue weighted by molar-refractivity contribution is -0.147. The van der Waals surface area contributed by atoms with E-state index in [4.69, 9.17) is 4.74 Å². The van der Waals surface area contributed by atoms with Crippen molar-refractivity contribution in [3.63, 3.8) is 0 Å². The van der Waals surface area contributed by atoms with Crippen molar-refractivity contribution in [3.05, 3.63) is 34.6 Å². The molecule has 1 aliphatic rings. The summed E-state index contributed by atoms with van der Waals surface area (Å²) in [6, 6.07) is 0.840. The van der Waals surface area contributed by atoms with Crippen LogP contribution in [0.1, 0.15) is 21.7 Å². The smallest absolute Gasteiger partial charge is 0.328 e. The van der Waals surface area contributed by atoms with Gasteiger partial charge in [-0.2, -0.15) is 0 Å². The van der Waals surface area contributed by atoms with Gasteiger partial charge in [0.1, 0.15) is 0 Å². The number of carboxylic acids is 1. The molecule has 2 aromatic rings. The molecule has 1 aliphatic heterocycles. The Balaban J connectivity index is 1.97. The van der Waals surface area contributed by atoms with Gasteiger partial charge in [-0.3, -0.25) is 9.36 Å². The average Bonchev–Trinajstić information content (AvgIpc) is 3.14. The van der Waals surface area contributed by atoms with Gasteiger partial charge in [0, 0.05) is 29.5 Å². The maximum absolute atomic E-state index is 12.8. The van der Waals surface area contributed by atoms with Crippen LogP contribution in [0.15, 0.2) is 17.6 Å². The van der Waals surface area contributed by atoms with Crippen molar-refractivity contribution in [2.45, 2.75) is 19.9 Å². The molecule has 0 unspecified atom stereocenters. The molecule has 1 N–H and O–H groups in total. The molecule has 7 nitrogen and oxygen atoms in total. The van der Waals surface area contributed by atoms with Crippen LogP contribution >= 0.6 is 11.3 Å². The van der Waals surface area contributed by atoms with E-state index < -0.39 is 12.0 Å². The summed E-state index contributed by atoms with van der Waals surface area (Å²) < 4.78 is 7.10. The van der Waals surface area contributed by atoms with Crippen LogP contribution in [-0.4, -0.2) is 57.2 Å². The van der Waals surface area contributed by atoms with Gasteiger partial charge >= 0.3 is 5.97 Å². The molecule has 1 fully saturated rings. The molecule has 0 spiro atoms. The summed E-state index contributed by atoms with van der Waals surface area (Å²) in [6.07, 6.45) is 1.71. The van der Waals surface area contributed by atoms with E-state index in [0.717, 1.165) is 16.5 Å². The second kappa shape index (κ2) is 6.13. The maximum Gasteiger partial charge on any atom is 0.328 e. The number of aromatic nitrogens is 2. The molecule has 2 aromatic heterocycles. The van der Waals surface area contributed by atoms with Crippen LogP contribution in [0.2, 0.25) is 0 Å². The molecule has 0 aliphatic carbocycles. The molecule has 0 radical (unpaired) electrons. The SMILES string of the molecule is Cc1cc(C(=O)N2CCOC[C@H]2C(=O)O)c(C)n1-c1nccs1. The molecule has 122 valence electrons. The molecule has 23 heavy (non-hydrogen) atoms. The highest BCUT2D eigenvalue weighted by atomic mass is 32.1. The highest BCUT2D eigenvalue weighted by Crippen LogP contribution is 2.24. The lowest BCUT2D eigenvalue weighted by atomic mass is 10.1. The summed E-state index contributed by atoms with van der Waals surface area (Å²) in [5, 5.41) is 12.0. The highest BCUT2D eigenvalue weighted by Gasteiger charge is 2.34. The number of thiazole rings is 1. The Bertz CT molecular complexity index is 738. The second-order valence-corrected chi connectivity index (χ2v) is 6.24. The number of aliphatic carboxylic acids is 1. The van der Waals surface area contributed by atoms with Crippen LogP contribution in [0.5, 0.6) is 0 Å². The van der Waals surface area contributed by atoms with E-state index in [9.17, 15) is 14.7 Å². The van der Waals surface area contributed by atoms with Gasteiger partial charge in [-0.15, -0.1) is 11.3 Å². The Morgan fingerprint density at radius 2 is 2.22 bits per heavy atom. The normalized spacial score (nSPS) is 18.2. The van der Waals surface area contributed by atoms with E-state index in [1.54, 1.807) is 12.3 Å². The number of carboxylic acid groups (broad SMARTS) is 1. The Morgan fingerprint density at radius 3 is 2.87 bits per heavy atom. The summed E-state index contributed by atoms with van der Waals surface area (Å²) in [4.78, 5) is 29.9. The lowest BCUT2D eigenvalue weighted by Crippen LogP contribution is -2.52. The summed E-state index contributed by atoms with van der Waals surface area (Å²) in [5.41, 5.74) is 2.16. The van der Waals surface area contributed by atoms with Crippen LogP contribution in [0, 0.1) is 13.8 Å². The molecular formula is C15H17N3O4S. The van der Waals surface area contributed by atoms with Crippen molar-refractivity contribution in [2.24, 2.45) is 0 Å². The topological polar surface area (TPSA) is 84.7 Å². The molecule has 0 aromatic carbocycles. The average molecular weight is 335 g/mol. The molecule has 8 heteroatoms. The molecule has 0 bridgehead atoms. The number of amides is 1. The van der Waals surface area contributed by atoms with Crippen molar-refractivity contribution in [1.29, 1.82) is 0 Å². The zero-order chi connectivity index (χ0) is 16.6. The number of hydrogen-bond acceptors (Lipinski definition) is 5. The van der Waals surface area contributed by atoms with Gasteiger partial charge < -0.3 is 14.7 Å². The van der Waals surface area contributed by atoms with Gasteiger partial charge in [-0.05, 0) is 19.9 Å². The number of nitrogens with zero attached hydrogens (tertiary/aromatic N) is 3. The minimum absolute atomic E-state index is 0.0201. The number of ether oxygens (including phenoxy) is 1. The van der Waals surface area contributed by atoms with Crippen molar-refractivity contribution in [3.8, 4) is 5.13 Å². The third-order valence-corrected chi connectivity index (χ3v) is 4.70. The number of carbonyl (C=O) groups is 2. The maximum atomic E-state index is 12.8. The number of morpholine rings is 1. The van der Waals surface area contributed by atoms with E-state index in [2.05, 4.69) is 4.98 Å². The highest BCUT2D eigenvalue weighted by molar-refractivity contribution is 7.12. The molecule has 1 saturated heterocycles. The number of rotatable bonds is 3. The van der Waals surface area contributed by atoms with Crippen LogP contribution < -0.4 is 0 Å². The predicted octanol–water partition coefficient (Wildman–Crippen LogP) is 1.48. The summed E-state index contributed by atoms with van der Waals surface area (Å²) in [7, 11) is 0. The van der Waals surface area contributed by atoms with Crippen molar-refractivity contribution in [1.82, 2.24) is 14.5 Å². The monoisotopic (exact) mass is 335 g/mol. The van der Waals surface area contributed by atoms with Crippen LogP contribution in [-0.2, 0) is 9.53 Å². The van der Waals surface area contributed by atoms with Crippen LogP contribution in [0.25, 0.3) is 5.13 Å². The zero-order valence-electron chi connectivity index (χ0n) is 12.9. The van der Waals surface area contributed by atoms with Crippen molar-refractivity contribution in [2.75, 3.05) is 19.8 Å². The van der Waals surface area contributed by atoms with Crippen molar-refractivity contribution < 1.29 is 19.4 Å². The Morgan fingerprint density at radius 1 is 1.43 bits per heavy atom. The van der Waals surface area contributed by atoms with E-state index in [1.165, 1.54) is 16.2 Å². The van der Waals surface area contributed by atoms with Gasteiger partial charge in [0.15, 0.2) is 11.2 Å². The molecular weight excluding hydrogens is 318 g/mol. The Labute approximate surface area is 137 Å². The van der Waals surface area contributed by atoms with E-state index in [0.29, 0.717) is 12.2 Å². The van der Waals surface area contributed by atoms with Crippen LogP contribution in [0.3, 0.4) is 0 Å². The summed E-state index contributed by atoms with van der Waals surface area (Å²) in [5.74, 6) is -1.33. The predicted molar refractivity (Wildman–Crippen MR) is 84.2 cm³/mol. The van der Waals surface area contributed by atoms with E-state index in [1.807, 2.05) is 23.8 Å². The van der Waals surface area contributed by atoms with Crippen LogP contribution in [0.4, 0.5) is 0 Å². The standard InChI is InChI=1S/C15H17N3O4S/c1-9-7-11(10(2)18(9)15-16-3-6-23-15)13(19)17-4-5-22-8-12(17)14(20)21/h3,6-7,12H,4-5,8H2,1-2H3,(H,20,21)/t12-/m0/s1. The first-order valence-corrected chi connectivity index (χ1v) is 8.09. The fourth-order valence-corrected chi connectivity index (χ4v) is 3.56. The quantitative estimate of drug-likeness (QED) is 0.918. The molecule has 3 heterocycles. The van der Waals surface area contributed by atoms with Crippen molar-refractivity contribution >= 4 is 23.2 Å². The largest absolute Gasteiger partial charge is 0.480 e. The fraction of sp³-hybridized carbons (Fsp3) is 0.400. The number of carbonyl (C=O) groups excluding carboxylic acids is 1. The minimum atomic E-state index is -1.05. The van der Waals surface area contributed by atoms with E-state index in [-0.39, 0.29) is 19.1 Å². The minimum Gasteiger partial charge on any atom is -0.480 e. The van der Waals surface area contributed by atoms with Gasteiger partial charge in [-0.1, -0.05) is 0 Å². The summed E-state index contributed by atoms with van der Waals surface area (Å²) in [6.45, 7) is 4.39. The molecule has 3 rings (SSSR count). The third-order valence-electron chi connectivity index (χ3n) is 3.95. The fourth-order valence-electron chi connectivity index (χ4n) is 2.81. The first-order chi connectivity index (χ1) is 11.0. The summed E-state index contributed by atoms with van der Waals surface area (Å²) >= 11 is 1.48. The van der Waals surface area contributed by atoms with Gasteiger partial charge in [0.2, 0.25) is 0 Å². The van der Waals surface area contributed by atoms with Gasteiger partial charge in [0.25, 0.3) is 5.91 Å². The van der Waals surface area contributed by atoms with Gasteiger partial charge in [0.05, 0.1) is 18.8 Å². The lowest BCUT2D eigenvalue weighted by Gasteiger charge is -2.32. The molecule has 1 amide bonds. The molecule has 1 atom stereocenters. The number of aryl methyl sites for hydroxylation is 1. The third kappa shape index (κ3) is 2.75. The van der Waals surface area contributed by atoms with Gasteiger partial charge in [-0.25, -0.2) is 9.78 Å². The van der Waals surface area contributed by atoms with E-state index >= 15 is 0 Å². The molecule has 0 saturated carbocycles.